The molecule has 1 saturated heterocycles. The number of carbonyl (C=O) groups excluding carboxylic acids is 2. The van der Waals surface area contributed by atoms with Crippen LogP contribution in [-0.4, -0.2) is 62.1 Å². The number of hydrogen-bond donors (Lipinski definition) is 1. The van der Waals surface area contributed by atoms with Crippen molar-refractivity contribution in [3.63, 3.8) is 0 Å². The summed E-state index contributed by atoms with van der Waals surface area (Å²) in [5, 5.41) is -0.332. The molecule has 158 valence electrons. The van der Waals surface area contributed by atoms with Crippen molar-refractivity contribution in [3.8, 4) is 0 Å². The lowest BCUT2D eigenvalue weighted by Gasteiger charge is -2.29. The molecule has 0 spiro atoms. The summed E-state index contributed by atoms with van der Waals surface area (Å²) < 4.78 is 18.7. The minimum absolute atomic E-state index is 0.130. The normalized spacial score (nSPS) is 22.7. The zero-order valence-electron chi connectivity index (χ0n) is 16.8. The van der Waals surface area contributed by atoms with Gasteiger partial charge in [-0.3, -0.25) is 14.2 Å². The van der Waals surface area contributed by atoms with E-state index in [-0.39, 0.29) is 17.8 Å². The number of nitrogens with two attached hydrogens (primary N) is 1. The quantitative estimate of drug-likeness (QED) is 0.654. The number of nitrogen functional groups attached to an aromatic ring is 1. The van der Waals surface area contributed by atoms with Crippen LogP contribution in [0.5, 0.6) is 0 Å². The summed E-state index contributed by atoms with van der Waals surface area (Å²) in [6, 6.07) is 0. The molecule has 3 heterocycles. The van der Waals surface area contributed by atoms with Gasteiger partial charge in [0.25, 0.3) is 0 Å². The Morgan fingerprint density at radius 1 is 1.28 bits per heavy atom. The Balaban J connectivity index is 1.99. The van der Waals surface area contributed by atoms with Gasteiger partial charge in [-0.1, -0.05) is 13.8 Å². The highest BCUT2D eigenvalue weighted by atomic mass is 32.2. The first-order chi connectivity index (χ1) is 13.8. The SMILES string of the molecule is CC(=O)O[C@H]1[C@H](OC(C)=O)CO[C@H]1C(SCC(C)C)n1cnc2c(N)ncnc21. The molecule has 0 radical (unpaired) electrons. The number of carbonyl (C=O) groups is 2. The van der Waals surface area contributed by atoms with Crippen LogP contribution in [0.1, 0.15) is 33.1 Å². The first-order valence-corrected chi connectivity index (χ1v) is 10.3. The fourth-order valence-electron chi connectivity index (χ4n) is 3.18. The van der Waals surface area contributed by atoms with Gasteiger partial charge >= 0.3 is 11.9 Å². The second-order valence-corrected chi connectivity index (χ2v) is 8.37. The number of thioether (sulfide) groups is 1. The average molecular weight is 423 g/mol. The van der Waals surface area contributed by atoms with Crippen molar-refractivity contribution >= 4 is 40.7 Å². The first kappa shape index (κ1) is 21.3. The summed E-state index contributed by atoms with van der Waals surface area (Å²) in [6.45, 7) is 6.97. The average Bonchev–Trinajstić information content (AvgIpc) is 3.21. The van der Waals surface area contributed by atoms with E-state index in [1.165, 1.54) is 20.2 Å². The molecule has 1 aliphatic rings. The van der Waals surface area contributed by atoms with E-state index in [1.54, 1.807) is 18.1 Å². The molecular formula is C18H25N5O5S. The van der Waals surface area contributed by atoms with E-state index in [1.807, 2.05) is 4.57 Å². The maximum Gasteiger partial charge on any atom is 0.303 e. The molecule has 0 saturated carbocycles. The van der Waals surface area contributed by atoms with E-state index in [2.05, 4.69) is 28.8 Å². The molecule has 2 aromatic heterocycles. The lowest BCUT2D eigenvalue weighted by Crippen LogP contribution is -2.40. The van der Waals surface area contributed by atoms with Crippen LogP contribution in [0.3, 0.4) is 0 Å². The topological polar surface area (TPSA) is 131 Å². The fraction of sp³-hybridized carbons (Fsp3) is 0.611. The molecule has 0 aromatic carbocycles. The second-order valence-electron chi connectivity index (χ2n) is 7.22. The number of esters is 2. The molecule has 2 N–H and O–H groups in total. The summed E-state index contributed by atoms with van der Waals surface area (Å²) in [5.41, 5.74) is 6.97. The number of aromatic nitrogens is 4. The van der Waals surface area contributed by atoms with Gasteiger partial charge in [0.15, 0.2) is 23.7 Å². The molecule has 11 heteroatoms. The molecule has 3 rings (SSSR count). The van der Waals surface area contributed by atoms with Crippen LogP contribution in [0.25, 0.3) is 11.2 Å². The Bertz CT molecular complexity index is 889. The molecule has 1 fully saturated rings. The molecular weight excluding hydrogens is 398 g/mol. The highest BCUT2D eigenvalue weighted by Crippen LogP contribution is 2.39. The highest BCUT2D eigenvalue weighted by molar-refractivity contribution is 7.99. The maximum atomic E-state index is 11.7. The van der Waals surface area contributed by atoms with Gasteiger partial charge in [-0.15, -0.1) is 11.8 Å². The smallest absolute Gasteiger partial charge is 0.303 e. The van der Waals surface area contributed by atoms with Crippen molar-refractivity contribution in [2.75, 3.05) is 18.1 Å². The monoisotopic (exact) mass is 423 g/mol. The minimum Gasteiger partial charge on any atom is -0.456 e. The number of ether oxygens (including phenoxy) is 3. The number of hydrogen-bond acceptors (Lipinski definition) is 10. The van der Waals surface area contributed by atoms with Crippen LogP contribution < -0.4 is 5.73 Å². The molecule has 1 aliphatic heterocycles. The van der Waals surface area contributed by atoms with Crippen molar-refractivity contribution in [1.82, 2.24) is 19.5 Å². The van der Waals surface area contributed by atoms with E-state index >= 15 is 0 Å². The number of imidazole rings is 1. The van der Waals surface area contributed by atoms with E-state index in [4.69, 9.17) is 19.9 Å². The zero-order chi connectivity index (χ0) is 21.1. The summed E-state index contributed by atoms with van der Waals surface area (Å²) in [4.78, 5) is 35.9. The third-order valence-corrected chi connectivity index (χ3v) is 6.00. The van der Waals surface area contributed by atoms with Crippen LogP contribution in [-0.2, 0) is 23.8 Å². The van der Waals surface area contributed by atoms with Crippen molar-refractivity contribution in [2.24, 2.45) is 5.92 Å². The van der Waals surface area contributed by atoms with Gasteiger partial charge in [-0.25, -0.2) is 15.0 Å². The second kappa shape index (κ2) is 8.95. The van der Waals surface area contributed by atoms with Crippen molar-refractivity contribution in [3.05, 3.63) is 12.7 Å². The molecule has 0 amide bonds. The molecule has 10 nitrogen and oxygen atoms in total. The van der Waals surface area contributed by atoms with Crippen LogP contribution in [0, 0.1) is 5.92 Å². The highest BCUT2D eigenvalue weighted by Gasteiger charge is 2.47. The van der Waals surface area contributed by atoms with Gasteiger partial charge < -0.3 is 19.9 Å². The number of nitrogens with zero attached hydrogens (tertiary/aromatic N) is 4. The molecule has 0 bridgehead atoms. The van der Waals surface area contributed by atoms with Gasteiger partial charge in [0.05, 0.1) is 12.9 Å². The summed E-state index contributed by atoms with van der Waals surface area (Å²) in [7, 11) is 0. The Hall–Kier alpha value is -2.40. The van der Waals surface area contributed by atoms with Gasteiger partial charge in [0, 0.05) is 13.8 Å². The lowest BCUT2D eigenvalue weighted by atomic mass is 10.1. The fourth-order valence-corrected chi connectivity index (χ4v) is 4.50. The van der Waals surface area contributed by atoms with Crippen LogP contribution >= 0.6 is 11.8 Å². The number of fused-ring (bicyclic) bond motifs is 1. The summed E-state index contributed by atoms with van der Waals surface area (Å²) in [5.74, 6) is 0.571. The van der Waals surface area contributed by atoms with Crippen molar-refractivity contribution < 1.29 is 23.8 Å². The first-order valence-electron chi connectivity index (χ1n) is 9.28. The van der Waals surface area contributed by atoms with Gasteiger partial charge in [-0.05, 0) is 11.7 Å². The largest absolute Gasteiger partial charge is 0.456 e. The maximum absolute atomic E-state index is 11.7. The Morgan fingerprint density at radius 2 is 2.00 bits per heavy atom. The van der Waals surface area contributed by atoms with E-state index in [9.17, 15) is 9.59 Å². The number of anilines is 1. The van der Waals surface area contributed by atoms with E-state index < -0.39 is 30.3 Å². The third kappa shape index (κ3) is 4.78. The predicted octanol–water partition coefficient (Wildman–Crippen LogP) is 1.56. The van der Waals surface area contributed by atoms with Crippen LogP contribution in [0.4, 0.5) is 5.82 Å². The van der Waals surface area contributed by atoms with Crippen molar-refractivity contribution in [1.29, 1.82) is 0 Å². The minimum atomic E-state index is -0.752. The lowest BCUT2D eigenvalue weighted by molar-refractivity contribution is -0.163. The van der Waals surface area contributed by atoms with E-state index in [0.717, 1.165) is 5.75 Å². The van der Waals surface area contributed by atoms with Crippen LogP contribution in [0.2, 0.25) is 0 Å². The number of rotatable bonds is 7. The molecule has 29 heavy (non-hydrogen) atoms. The van der Waals surface area contributed by atoms with Crippen molar-refractivity contribution in [2.45, 2.75) is 51.4 Å². The summed E-state index contributed by atoms with van der Waals surface area (Å²) in [6.07, 6.45) is 0.998. The van der Waals surface area contributed by atoms with Gasteiger partial charge in [-0.2, -0.15) is 0 Å². The molecule has 4 atom stereocenters. The zero-order valence-corrected chi connectivity index (χ0v) is 17.6. The third-order valence-electron chi connectivity index (χ3n) is 4.31. The molecule has 0 aliphatic carbocycles. The van der Waals surface area contributed by atoms with Gasteiger partial charge in [0.2, 0.25) is 0 Å². The van der Waals surface area contributed by atoms with Gasteiger partial charge in [0.1, 0.15) is 23.3 Å². The molecule has 1 unspecified atom stereocenters. The standard InChI is InChI=1S/C18H25N5O5S/c1-9(2)6-29-18(23-8-22-13-16(19)20-7-21-17(13)23)15-14(28-11(4)25)12(5-26-15)27-10(3)24/h7-9,12,14-15,18H,5-6H2,1-4H3,(H2,19,20,21)/t12-,14+,15-,18?/m1/s1. The van der Waals surface area contributed by atoms with Crippen LogP contribution in [0.15, 0.2) is 12.7 Å². The summed E-state index contributed by atoms with van der Waals surface area (Å²) >= 11 is 1.62. The Labute approximate surface area is 172 Å². The predicted molar refractivity (Wildman–Crippen MR) is 107 cm³/mol. The molecule has 2 aromatic rings. The Morgan fingerprint density at radius 3 is 2.66 bits per heavy atom. The Kier molecular flexibility index (Phi) is 6.58. The van der Waals surface area contributed by atoms with E-state index in [0.29, 0.717) is 17.1 Å².